The second-order valence-electron chi connectivity index (χ2n) is 3.31. The van der Waals surface area contributed by atoms with Gasteiger partial charge >= 0.3 is 0 Å². The highest BCUT2D eigenvalue weighted by atomic mass is 14.9. The summed E-state index contributed by atoms with van der Waals surface area (Å²) in [4.78, 5) is 8.24. The van der Waals surface area contributed by atoms with E-state index in [4.69, 9.17) is 5.73 Å². The number of nitrogens with two attached hydrogens (primary N) is 1. The summed E-state index contributed by atoms with van der Waals surface area (Å²) in [6.07, 6.45) is 1.58. The van der Waals surface area contributed by atoms with Crippen LogP contribution < -0.4 is 5.73 Å². The van der Waals surface area contributed by atoms with Crippen LogP contribution in [0.3, 0.4) is 0 Å². The Morgan fingerprint density at radius 3 is 2.25 bits per heavy atom. The molecule has 12 heavy (non-hydrogen) atoms. The summed E-state index contributed by atoms with van der Waals surface area (Å²) in [6.45, 7) is 6.13. The van der Waals surface area contributed by atoms with Crippen LogP contribution >= 0.6 is 0 Å². The topological polar surface area (TPSA) is 51.8 Å². The Balaban J connectivity index is 2.96. The molecule has 0 fully saturated rings. The van der Waals surface area contributed by atoms with Crippen LogP contribution in [0.1, 0.15) is 44.1 Å². The molecule has 3 nitrogen and oxygen atoms in total. The van der Waals surface area contributed by atoms with Crippen molar-refractivity contribution in [1.82, 2.24) is 9.97 Å². The number of nitrogens with zero attached hydrogens (tertiary/aromatic N) is 2. The zero-order chi connectivity index (χ0) is 9.14. The van der Waals surface area contributed by atoms with Gasteiger partial charge in [0.25, 0.3) is 0 Å². The minimum absolute atomic E-state index is 0.00880. The van der Waals surface area contributed by atoms with E-state index in [1.165, 1.54) is 0 Å². The fourth-order valence-corrected chi connectivity index (χ4v) is 0.953. The highest BCUT2D eigenvalue weighted by Gasteiger charge is 2.05. The van der Waals surface area contributed by atoms with Crippen LogP contribution in [-0.4, -0.2) is 9.97 Å². The molecule has 0 amide bonds. The van der Waals surface area contributed by atoms with Crippen molar-refractivity contribution in [2.45, 2.75) is 32.7 Å². The van der Waals surface area contributed by atoms with Crippen molar-refractivity contribution >= 4 is 0 Å². The molecule has 1 aromatic heterocycles. The fourth-order valence-electron chi connectivity index (χ4n) is 0.953. The van der Waals surface area contributed by atoms with Gasteiger partial charge in [0.2, 0.25) is 0 Å². The summed E-state index contributed by atoms with van der Waals surface area (Å²) in [5.74, 6) is 0.436. The summed E-state index contributed by atoms with van der Waals surface area (Å²) >= 11 is 0. The normalized spacial score (nSPS) is 13.4. The molecule has 0 unspecified atom stereocenters. The van der Waals surface area contributed by atoms with Crippen molar-refractivity contribution in [3.8, 4) is 0 Å². The molecule has 2 N–H and O–H groups in total. The highest BCUT2D eigenvalue weighted by molar-refractivity contribution is 5.13. The van der Waals surface area contributed by atoms with Crippen LogP contribution in [0.5, 0.6) is 0 Å². The van der Waals surface area contributed by atoms with Crippen molar-refractivity contribution in [2.75, 3.05) is 0 Å². The van der Waals surface area contributed by atoms with Gasteiger partial charge in [0.05, 0.1) is 5.69 Å². The maximum Gasteiger partial charge on any atom is 0.116 e. The third kappa shape index (κ3) is 2.01. The van der Waals surface area contributed by atoms with Crippen molar-refractivity contribution in [3.63, 3.8) is 0 Å². The van der Waals surface area contributed by atoms with Crippen molar-refractivity contribution in [3.05, 3.63) is 23.8 Å². The van der Waals surface area contributed by atoms with E-state index < -0.39 is 0 Å². The highest BCUT2D eigenvalue weighted by Crippen LogP contribution is 2.13. The lowest BCUT2D eigenvalue weighted by Gasteiger charge is -2.07. The van der Waals surface area contributed by atoms with Gasteiger partial charge in [0.1, 0.15) is 6.33 Å². The Bertz CT molecular complexity index is 232. The predicted molar refractivity (Wildman–Crippen MR) is 48.7 cm³/mol. The van der Waals surface area contributed by atoms with Gasteiger partial charge in [-0.05, 0) is 18.9 Å². The number of hydrogen-bond donors (Lipinski definition) is 1. The largest absolute Gasteiger partial charge is 0.323 e. The minimum atomic E-state index is -0.00880. The Hall–Kier alpha value is -0.960. The van der Waals surface area contributed by atoms with Crippen molar-refractivity contribution < 1.29 is 0 Å². The lowest BCUT2D eigenvalue weighted by molar-refractivity contribution is 0.745. The maximum absolute atomic E-state index is 5.69. The van der Waals surface area contributed by atoms with Gasteiger partial charge in [0, 0.05) is 11.7 Å². The Labute approximate surface area is 73.0 Å². The maximum atomic E-state index is 5.69. The average Bonchev–Trinajstić information content (AvgIpc) is 2.04. The molecule has 1 rings (SSSR count). The Morgan fingerprint density at radius 2 is 1.75 bits per heavy atom. The van der Waals surface area contributed by atoms with Crippen LogP contribution in [0.25, 0.3) is 0 Å². The molecule has 1 aromatic rings. The molecule has 0 spiro atoms. The molecule has 0 saturated heterocycles. The van der Waals surface area contributed by atoms with Crippen molar-refractivity contribution in [2.24, 2.45) is 5.73 Å². The molecule has 0 bridgehead atoms. The van der Waals surface area contributed by atoms with Gasteiger partial charge in [-0.1, -0.05) is 13.8 Å². The smallest absolute Gasteiger partial charge is 0.116 e. The number of rotatable bonds is 2. The minimum Gasteiger partial charge on any atom is -0.323 e. The third-order valence-corrected chi connectivity index (χ3v) is 1.77. The predicted octanol–water partition coefficient (Wildman–Crippen LogP) is 1.62. The first-order chi connectivity index (χ1) is 5.61. The van der Waals surface area contributed by atoms with Crippen LogP contribution in [0.2, 0.25) is 0 Å². The molecular weight excluding hydrogens is 150 g/mol. The first-order valence-corrected chi connectivity index (χ1v) is 4.18. The molecule has 0 radical (unpaired) electrons. The quantitative estimate of drug-likeness (QED) is 0.724. The van der Waals surface area contributed by atoms with Crippen LogP contribution in [0.4, 0.5) is 0 Å². The average molecular weight is 165 g/mol. The van der Waals surface area contributed by atoms with E-state index >= 15 is 0 Å². The Morgan fingerprint density at radius 1 is 1.17 bits per heavy atom. The van der Waals surface area contributed by atoms with E-state index in [1.54, 1.807) is 6.33 Å². The lowest BCUT2D eigenvalue weighted by Crippen LogP contribution is -2.08. The van der Waals surface area contributed by atoms with E-state index in [0.29, 0.717) is 5.92 Å². The third-order valence-electron chi connectivity index (χ3n) is 1.77. The molecule has 0 aliphatic heterocycles. The molecule has 0 aliphatic rings. The standard InChI is InChI=1S/C9H15N3/c1-6(2)8-4-9(7(3)10)12-5-11-8/h4-7H,10H2,1-3H3/t7-/m0/s1. The van der Waals surface area contributed by atoms with Gasteiger partial charge in [-0.3, -0.25) is 0 Å². The van der Waals surface area contributed by atoms with Gasteiger partial charge in [-0.25, -0.2) is 9.97 Å². The van der Waals surface area contributed by atoms with E-state index in [0.717, 1.165) is 11.4 Å². The molecular formula is C9H15N3. The van der Waals surface area contributed by atoms with Gasteiger partial charge in [-0.15, -0.1) is 0 Å². The second kappa shape index (κ2) is 3.63. The first kappa shape index (κ1) is 9.13. The first-order valence-electron chi connectivity index (χ1n) is 4.18. The fraction of sp³-hybridized carbons (Fsp3) is 0.556. The molecule has 66 valence electrons. The lowest BCUT2D eigenvalue weighted by atomic mass is 10.1. The van der Waals surface area contributed by atoms with Gasteiger partial charge in [-0.2, -0.15) is 0 Å². The van der Waals surface area contributed by atoms with E-state index in [2.05, 4.69) is 23.8 Å². The van der Waals surface area contributed by atoms with E-state index in [1.807, 2.05) is 13.0 Å². The summed E-state index contributed by atoms with van der Waals surface area (Å²) in [5.41, 5.74) is 7.66. The number of aromatic nitrogens is 2. The SMILES string of the molecule is CC(C)c1cc([C@H](C)N)ncn1. The molecule has 0 aliphatic carbocycles. The zero-order valence-electron chi connectivity index (χ0n) is 7.78. The number of hydrogen-bond acceptors (Lipinski definition) is 3. The van der Waals surface area contributed by atoms with Crippen LogP contribution in [-0.2, 0) is 0 Å². The summed E-state index contributed by atoms with van der Waals surface area (Å²) in [7, 11) is 0. The monoisotopic (exact) mass is 165 g/mol. The summed E-state index contributed by atoms with van der Waals surface area (Å²) in [5, 5.41) is 0. The summed E-state index contributed by atoms with van der Waals surface area (Å²) < 4.78 is 0. The van der Waals surface area contributed by atoms with E-state index in [-0.39, 0.29) is 6.04 Å². The van der Waals surface area contributed by atoms with Crippen molar-refractivity contribution in [1.29, 1.82) is 0 Å². The van der Waals surface area contributed by atoms with Crippen LogP contribution in [0, 0.1) is 0 Å². The van der Waals surface area contributed by atoms with E-state index in [9.17, 15) is 0 Å². The molecule has 0 aromatic carbocycles. The Kier molecular flexibility index (Phi) is 2.76. The second-order valence-corrected chi connectivity index (χ2v) is 3.31. The van der Waals surface area contributed by atoms with Crippen LogP contribution in [0.15, 0.2) is 12.4 Å². The van der Waals surface area contributed by atoms with Gasteiger partial charge < -0.3 is 5.73 Å². The molecule has 1 atom stereocenters. The zero-order valence-corrected chi connectivity index (χ0v) is 7.78. The summed E-state index contributed by atoms with van der Waals surface area (Å²) in [6, 6.07) is 1.96. The molecule has 3 heteroatoms. The van der Waals surface area contributed by atoms with Gasteiger partial charge in [0.15, 0.2) is 0 Å². The molecule has 0 saturated carbocycles. The molecule has 1 heterocycles.